The monoisotopic (exact) mass is 611 g/mol. The Kier molecular flexibility index (Phi) is 5.61. The standard InChI is InChI=1S/C44H25N3O/c45-24-27-14-17-39-37(20-27)38-22-29(15-18-40(38)47(39)33-10-2-1-3-11-33)31-21-32(26-46-25-31)36-23-30-9-5-7-13-35(30)43-42-34-12-6-4-8-28(34)16-19-41(42)48-44(36)43/h1-23,25-26H. The summed E-state index contributed by atoms with van der Waals surface area (Å²) < 4.78 is 8.98. The zero-order chi connectivity index (χ0) is 31.8. The van der Waals surface area contributed by atoms with E-state index in [4.69, 9.17) is 9.40 Å². The fourth-order valence-electron chi connectivity index (χ4n) is 7.47. The molecule has 0 N–H and O–H groups in total. The van der Waals surface area contributed by atoms with Crippen LogP contribution in [0, 0.1) is 11.3 Å². The van der Waals surface area contributed by atoms with Crippen molar-refractivity contribution in [3.8, 4) is 34.0 Å². The molecule has 0 saturated heterocycles. The number of benzene rings is 7. The highest BCUT2D eigenvalue weighted by Gasteiger charge is 2.19. The summed E-state index contributed by atoms with van der Waals surface area (Å²) in [6.07, 6.45) is 3.85. The lowest BCUT2D eigenvalue weighted by Gasteiger charge is -2.10. The summed E-state index contributed by atoms with van der Waals surface area (Å²) in [6.45, 7) is 0. The molecule has 222 valence electrons. The molecule has 0 unspecified atom stereocenters. The lowest BCUT2D eigenvalue weighted by atomic mass is 9.94. The summed E-state index contributed by atoms with van der Waals surface area (Å²) in [5.41, 5.74) is 9.68. The normalized spacial score (nSPS) is 11.7. The van der Waals surface area contributed by atoms with E-state index in [1.54, 1.807) is 0 Å². The van der Waals surface area contributed by atoms with Gasteiger partial charge in [-0.1, -0.05) is 78.9 Å². The number of rotatable bonds is 3. The van der Waals surface area contributed by atoms with Gasteiger partial charge in [0.25, 0.3) is 0 Å². The molecule has 0 spiro atoms. The average Bonchev–Trinajstić information content (AvgIpc) is 3.71. The van der Waals surface area contributed by atoms with Crippen LogP contribution in [0.3, 0.4) is 0 Å². The van der Waals surface area contributed by atoms with Crippen LogP contribution in [0.4, 0.5) is 0 Å². The maximum atomic E-state index is 9.73. The van der Waals surface area contributed by atoms with Gasteiger partial charge in [0, 0.05) is 56.3 Å². The second-order valence-corrected chi connectivity index (χ2v) is 12.3. The predicted octanol–water partition coefficient (Wildman–Crippen LogP) is 11.6. The van der Waals surface area contributed by atoms with Crippen molar-refractivity contribution in [2.45, 2.75) is 0 Å². The number of nitriles is 1. The van der Waals surface area contributed by atoms with Crippen LogP contribution >= 0.6 is 0 Å². The van der Waals surface area contributed by atoms with Gasteiger partial charge in [-0.05, 0) is 87.8 Å². The fourth-order valence-corrected chi connectivity index (χ4v) is 7.47. The number of hydrogen-bond donors (Lipinski definition) is 0. The van der Waals surface area contributed by atoms with Gasteiger partial charge in [-0.25, -0.2) is 0 Å². The van der Waals surface area contributed by atoms with Crippen molar-refractivity contribution >= 4 is 65.3 Å². The highest BCUT2D eigenvalue weighted by molar-refractivity contribution is 6.28. The Morgan fingerprint density at radius 3 is 2.08 bits per heavy atom. The molecule has 0 fully saturated rings. The van der Waals surface area contributed by atoms with Crippen molar-refractivity contribution in [3.63, 3.8) is 0 Å². The molecular formula is C44H25N3O. The van der Waals surface area contributed by atoms with Gasteiger partial charge in [-0.15, -0.1) is 0 Å². The van der Waals surface area contributed by atoms with Crippen molar-refractivity contribution < 1.29 is 4.42 Å². The smallest absolute Gasteiger partial charge is 0.143 e. The van der Waals surface area contributed by atoms with E-state index in [0.717, 1.165) is 77.1 Å². The van der Waals surface area contributed by atoms with E-state index in [9.17, 15) is 5.26 Å². The molecule has 0 bridgehead atoms. The highest BCUT2D eigenvalue weighted by atomic mass is 16.3. The number of hydrogen-bond acceptors (Lipinski definition) is 3. The lowest BCUT2D eigenvalue weighted by molar-refractivity contribution is 0.670. The maximum Gasteiger partial charge on any atom is 0.143 e. The summed E-state index contributed by atoms with van der Waals surface area (Å²) in [5, 5.41) is 18.8. The Labute approximate surface area is 275 Å². The molecule has 3 aromatic heterocycles. The van der Waals surface area contributed by atoms with E-state index in [2.05, 4.69) is 126 Å². The Bertz CT molecular complexity index is 2960. The molecule has 0 atom stereocenters. The first kappa shape index (κ1) is 26.5. The van der Waals surface area contributed by atoms with Crippen LogP contribution < -0.4 is 0 Å². The van der Waals surface area contributed by atoms with Crippen LogP contribution in [0.15, 0.2) is 156 Å². The Morgan fingerprint density at radius 1 is 0.542 bits per heavy atom. The molecule has 4 nitrogen and oxygen atoms in total. The molecular weight excluding hydrogens is 587 g/mol. The van der Waals surface area contributed by atoms with Gasteiger partial charge in [0.1, 0.15) is 11.2 Å². The second-order valence-electron chi connectivity index (χ2n) is 12.3. The predicted molar refractivity (Wildman–Crippen MR) is 196 cm³/mol. The van der Waals surface area contributed by atoms with Crippen molar-refractivity contribution in [2.24, 2.45) is 0 Å². The summed E-state index contributed by atoms with van der Waals surface area (Å²) in [6, 6.07) is 50.9. The van der Waals surface area contributed by atoms with Gasteiger partial charge in [-0.3, -0.25) is 4.98 Å². The van der Waals surface area contributed by atoms with E-state index in [1.807, 2.05) is 36.7 Å². The first-order valence-electron chi connectivity index (χ1n) is 16.0. The Balaban J connectivity index is 1.20. The third-order valence-corrected chi connectivity index (χ3v) is 9.65. The van der Waals surface area contributed by atoms with E-state index in [0.29, 0.717) is 5.56 Å². The molecule has 0 saturated carbocycles. The number of para-hydroxylation sites is 1. The van der Waals surface area contributed by atoms with Crippen molar-refractivity contribution in [1.82, 2.24) is 9.55 Å². The van der Waals surface area contributed by atoms with Crippen LogP contribution in [-0.4, -0.2) is 9.55 Å². The van der Waals surface area contributed by atoms with Gasteiger partial charge in [0.2, 0.25) is 0 Å². The van der Waals surface area contributed by atoms with Crippen LogP contribution in [0.2, 0.25) is 0 Å². The topological polar surface area (TPSA) is 54.8 Å². The molecule has 0 aliphatic carbocycles. The fraction of sp³-hybridized carbons (Fsp3) is 0. The molecule has 0 amide bonds. The summed E-state index contributed by atoms with van der Waals surface area (Å²) in [7, 11) is 0. The summed E-state index contributed by atoms with van der Waals surface area (Å²) >= 11 is 0. The van der Waals surface area contributed by atoms with E-state index < -0.39 is 0 Å². The number of pyridine rings is 1. The number of nitrogens with zero attached hydrogens (tertiary/aromatic N) is 3. The second kappa shape index (κ2) is 10.2. The van der Waals surface area contributed by atoms with E-state index in [1.165, 1.54) is 16.2 Å². The third-order valence-electron chi connectivity index (χ3n) is 9.65. The minimum absolute atomic E-state index is 0.641. The van der Waals surface area contributed by atoms with Gasteiger partial charge in [0.05, 0.1) is 22.7 Å². The highest BCUT2D eigenvalue weighted by Crippen LogP contribution is 2.44. The van der Waals surface area contributed by atoms with Crippen molar-refractivity contribution in [2.75, 3.05) is 0 Å². The maximum absolute atomic E-state index is 9.73. The van der Waals surface area contributed by atoms with Gasteiger partial charge < -0.3 is 8.98 Å². The largest absolute Gasteiger partial charge is 0.455 e. The molecule has 10 aromatic rings. The van der Waals surface area contributed by atoms with Crippen LogP contribution in [0.25, 0.3) is 93.2 Å². The van der Waals surface area contributed by atoms with Crippen LogP contribution in [-0.2, 0) is 0 Å². The minimum atomic E-state index is 0.641. The summed E-state index contributed by atoms with van der Waals surface area (Å²) in [4.78, 5) is 4.76. The third kappa shape index (κ3) is 3.85. The van der Waals surface area contributed by atoms with Crippen LogP contribution in [0.1, 0.15) is 5.56 Å². The lowest BCUT2D eigenvalue weighted by Crippen LogP contribution is -1.93. The molecule has 48 heavy (non-hydrogen) atoms. The van der Waals surface area contributed by atoms with E-state index in [-0.39, 0.29) is 0 Å². The molecule has 4 heteroatoms. The molecule has 0 aliphatic heterocycles. The van der Waals surface area contributed by atoms with Gasteiger partial charge >= 0.3 is 0 Å². The average molecular weight is 612 g/mol. The van der Waals surface area contributed by atoms with E-state index >= 15 is 0 Å². The van der Waals surface area contributed by atoms with Crippen molar-refractivity contribution in [1.29, 1.82) is 5.26 Å². The molecule has 10 rings (SSSR count). The molecule has 0 radical (unpaired) electrons. The SMILES string of the molecule is N#Cc1ccc2c(c1)c1cc(-c3cncc(-c4cc5ccccc5c5c4oc4ccc6ccccc6c45)c3)ccc1n2-c1ccccc1. The summed E-state index contributed by atoms with van der Waals surface area (Å²) in [5.74, 6) is 0. The first-order valence-corrected chi connectivity index (χ1v) is 16.0. The Morgan fingerprint density at radius 2 is 1.25 bits per heavy atom. The molecule has 3 heterocycles. The first-order chi connectivity index (χ1) is 23.7. The van der Waals surface area contributed by atoms with Crippen molar-refractivity contribution in [3.05, 3.63) is 157 Å². The molecule has 0 aliphatic rings. The number of furan rings is 1. The number of fused-ring (bicyclic) bond motifs is 10. The van der Waals surface area contributed by atoms with Gasteiger partial charge in [-0.2, -0.15) is 5.26 Å². The zero-order valence-corrected chi connectivity index (χ0v) is 25.7. The number of aromatic nitrogens is 2. The minimum Gasteiger partial charge on any atom is -0.455 e. The molecule has 7 aromatic carbocycles. The quantitative estimate of drug-likeness (QED) is 0.200. The van der Waals surface area contributed by atoms with Crippen LogP contribution in [0.5, 0.6) is 0 Å². The Hall–Kier alpha value is -6.70. The van der Waals surface area contributed by atoms with Gasteiger partial charge in [0.15, 0.2) is 0 Å². The zero-order valence-electron chi connectivity index (χ0n) is 25.7.